The van der Waals surface area contributed by atoms with Gasteiger partial charge in [0.05, 0.1) is 5.69 Å². The molecule has 1 saturated carbocycles. The molecule has 1 aliphatic carbocycles. The number of rotatable bonds is 4. The smallest absolute Gasteiger partial charge is 0.0562 e. The molecule has 4 rings (SSSR count). The van der Waals surface area contributed by atoms with Gasteiger partial charge in [0.25, 0.3) is 0 Å². The van der Waals surface area contributed by atoms with Gasteiger partial charge in [-0.05, 0) is 49.4 Å². The second-order valence-electron chi connectivity index (χ2n) is 6.04. The Balaban J connectivity index is 1.59. The third kappa shape index (κ3) is 2.79. The fraction of sp³-hybridized carbons (Fsp3) is 0.389. The predicted molar refractivity (Wildman–Crippen MR) is 85.9 cm³/mol. The summed E-state index contributed by atoms with van der Waals surface area (Å²) in [6.45, 7) is 1.98. The predicted octanol–water partition coefficient (Wildman–Crippen LogP) is 3.42. The van der Waals surface area contributed by atoms with Crippen LogP contribution in [-0.4, -0.2) is 17.6 Å². The van der Waals surface area contributed by atoms with E-state index in [1.165, 1.54) is 42.6 Å². The molecule has 1 aromatic heterocycles. The van der Waals surface area contributed by atoms with Crippen LogP contribution in [0, 0.1) is 0 Å². The molecule has 1 aliphatic heterocycles. The minimum absolute atomic E-state index is 0.728. The van der Waals surface area contributed by atoms with E-state index in [-0.39, 0.29) is 0 Å². The first-order chi connectivity index (χ1) is 10.4. The van der Waals surface area contributed by atoms with Crippen molar-refractivity contribution in [2.45, 2.75) is 38.3 Å². The monoisotopic (exact) mass is 279 g/mol. The highest BCUT2D eigenvalue weighted by atomic mass is 15.1. The molecular weight excluding hydrogens is 258 g/mol. The van der Waals surface area contributed by atoms with Gasteiger partial charge in [0.2, 0.25) is 0 Å². The fourth-order valence-electron chi connectivity index (χ4n) is 3.07. The van der Waals surface area contributed by atoms with Gasteiger partial charge in [-0.25, -0.2) is 0 Å². The summed E-state index contributed by atoms with van der Waals surface area (Å²) in [6, 6.07) is 13.8. The van der Waals surface area contributed by atoms with Gasteiger partial charge in [-0.1, -0.05) is 18.2 Å². The molecule has 0 unspecified atom stereocenters. The van der Waals surface area contributed by atoms with Crippen molar-refractivity contribution in [3.8, 4) is 0 Å². The lowest BCUT2D eigenvalue weighted by molar-refractivity contribution is 0.674. The fourth-order valence-corrected chi connectivity index (χ4v) is 3.07. The Kier molecular flexibility index (Phi) is 3.36. The lowest BCUT2D eigenvalue weighted by atomic mass is 10.0. The van der Waals surface area contributed by atoms with Crippen LogP contribution in [0.15, 0.2) is 42.6 Å². The maximum absolute atomic E-state index is 4.50. The van der Waals surface area contributed by atoms with Crippen molar-refractivity contribution in [1.82, 2.24) is 10.3 Å². The summed E-state index contributed by atoms with van der Waals surface area (Å²) in [5, 5.41) is 3.54. The van der Waals surface area contributed by atoms with Crippen LogP contribution in [0.4, 0.5) is 11.4 Å². The van der Waals surface area contributed by atoms with Gasteiger partial charge < -0.3 is 10.2 Å². The van der Waals surface area contributed by atoms with Gasteiger partial charge in [0.1, 0.15) is 0 Å². The second kappa shape index (κ2) is 5.49. The van der Waals surface area contributed by atoms with Crippen LogP contribution in [-0.2, 0) is 13.0 Å². The molecule has 0 radical (unpaired) electrons. The van der Waals surface area contributed by atoms with Crippen LogP contribution >= 0.6 is 0 Å². The highest BCUT2D eigenvalue weighted by Crippen LogP contribution is 2.33. The largest absolute Gasteiger partial charge is 0.341 e. The number of hydrogen-bond donors (Lipinski definition) is 1. The standard InChI is InChI=1S/C18H21N3/c1-2-6-18-14(4-1)5-3-11-21(18)17-9-10-19-16(12-17)13-20-15-7-8-15/h1-2,4,6,9-10,12,15,20H,3,5,7-8,11,13H2. The zero-order chi connectivity index (χ0) is 14.1. The van der Waals surface area contributed by atoms with E-state index in [2.05, 4.69) is 51.6 Å². The number of para-hydroxylation sites is 1. The zero-order valence-corrected chi connectivity index (χ0v) is 12.3. The molecule has 3 heteroatoms. The average molecular weight is 279 g/mol. The zero-order valence-electron chi connectivity index (χ0n) is 12.3. The molecule has 108 valence electrons. The summed E-state index contributed by atoms with van der Waals surface area (Å²) in [5.74, 6) is 0. The average Bonchev–Trinajstić information content (AvgIpc) is 3.37. The molecule has 0 amide bonds. The van der Waals surface area contributed by atoms with E-state index in [1.54, 1.807) is 0 Å². The molecule has 2 aromatic rings. The molecule has 0 spiro atoms. The number of fused-ring (bicyclic) bond motifs is 1. The van der Waals surface area contributed by atoms with Crippen molar-refractivity contribution in [2.24, 2.45) is 0 Å². The maximum Gasteiger partial charge on any atom is 0.0562 e. The molecule has 1 aromatic carbocycles. The van der Waals surface area contributed by atoms with E-state index >= 15 is 0 Å². The Morgan fingerprint density at radius 3 is 3.00 bits per heavy atom. The first-order valence-corrected chi connectivity index (χ1v) is 7.94. The van der Waals surface area contributed by atoms with E-state index in [0.29, 0.717) is 0 Å². The van der Waals surface area contributed by atoms with Crippen LogP contribution in [0.5, 0.6) is 0 Å². The Labute approximate surface area is 126 Å². The van der Waals surface area contributed by atoms with Crippen LogP contribution in [0.1, 0.15) is 30.5 Å². The molecule has 0 saturated heterocycles. The van der Waals surface area contributed by atoms with Crippen molar-refractivity contribution in [1.29, 1.82) is 0 Å². The third-order valence-electron chi connectivity index (χ3n) is 4.37. The highest BCUT2D eigenvalue weighted by molar-refractivity contribution is 5.67. The van der Waals surface area contributed by atoms with Crippen molar-refractivity contribution in [3.05, 3.63) is 53.9 Å². The highest BCUT2D eigenvalue weighted by Gasteiger charge is 2.21. The van der Waals surface area contributed by atoms with Crippen molar-refractivity contribution in [2.75, 3.05) is 11.4 Å². The summed E-state index contributed by atoms with van der Waals surface area (Å²) in [4.78, 5) is 6.93. The number of pyridine rings is 1. The normalized spacial score (nSPS) is 17.6. The Hall–Kier alpha value is -1.87. The number of nitrogens with zero attached hydrogens (tertiary/aromatic N) is 2. The molecule has 2 aliphatic rings. The SMILES string of the molecule is c1ccc2c(c1)CCCN2c1ccnc(CNC2CC2)c1. The van der Waals surface area contributed by atoms with Crippen molar-refractivity contribution >= 4 is 11.4 Å². The van der Waals surface area contributed by atoms with Gasteiger partial charge in [0, 0.05) is 36.7 Å². The van der Waals surface area contributed by atoms with Gasteiger partial charge in [-0.3, -0.25) is 4.98 Å². The quantitative estimate of drug-likeness (QED) is 0.929. The minimum Gasteiger partial charge on any atom is -0.341 e. The third-order valence-corrected chi connectivity index (χ3v) is 4.37. The van der Waals surface area contributed by atoms with Crippen LogP contribution in [0.3, 0.4) is 0 Å². The minimum atomic E-state index is 0.728. The van der Waals surface area contributed by atoms with E-state index in [9.17, 15) is 0 Å². The number of nitrogens with one attached hydrogen (secondary N) is 1. The number of aromatic nitrogens is 1. The first kappa shape index (κ1) is 12.8. The Bertz CT molecular complexity index is 634. The van der Waals surface area contributed by atoms with Gasteiger partial charge in [-0.15, -0.1) is 0 Å². The number of aryl methyl sites for hydroxylation is 1. The number of hydrogen-bond acceptors (Lipinski definition) is 3. The maximum atomic E-state index is 4.50. The van der Waals surface area contributed by atoms with Gasteiger partial charge in [-0.2, -0.15) is 0 Å². The van der Waals surface area contributed by atoms with Gasteiger partial charge >= 0.3 is 0 Å². The molecule has 0 bridgehead atoms. The van der Waals surface area contributed by atoms with Crippen LogP contribution in [0.2, 0.25) is 0 Å². The molecule has 2 heterocycles. The summed E-state index contributed by atoms with van der Waals surface area (Å²) in [7, 11) is 0. The molecule has 1 N–H and O–H groups in total. The van der Waals surface area contributed by atoms with E-state index in [1.807, 2.05) is 6.20 Å². The summed E-state index contributed by atoms with van der Waals surface area (Å²) in [5.41, 5.74) is 5.22. The molecule has 0 atom stereocenters. The summed E-state index contributed by atoms with van der Waals surface area (Å²) >= 11 is 0. The lowest BCUT2D eigenvalue weighted by Crippen LogP contribution is -2.25. The topological polar surface area (TPSA) is 28.2 Å². The Morgan fingerprint density at radius 2 is 2.10 bits per heavy atom. The van der Waals surface area contributed by atoms with Crippen molar-refractivity contribution in [3.63, 3.8) is 0 Å². The van der Waals surface area contributed by atoms with E-state index in [0.717, 1.165) is 24.8 Å². The first-order valence-electron chi connectivity index (χ1n) is 7.94. The van der Waals surface area contributed by atoms with Gasteiger partial charge in [0.15, 0.2) is 0 Å². The van der Waals surface area contributed by atoms with Crippen LogP contribution < -0.4 is 10.2 Å². The Morgan fingerprint density at radius 1 is 1.19 bits per heavy atom. The summed E-state index contributed by atoms with van der Waals surface area (Å²) in [6.07, 6.45) is 6.98. The van der Waals surface area contributed by atoms with E-state index in [4.69, 9.17) is 0 Å². The number of anilines is 2. The molecule has 21 heavy (non-hydrogen) atoms. The van der Waals surface area contributed by atoms with Crippen LogP contribution in [0.25, 0.3) is 0 Å². The second-order valence-corrected chi connectivity index (χ2v) is 6.04. The number of benzene rings is 1. The molecule has 1 fully saturated rings. The summed E-state index contributed by atoms with van der Waals surface area (Å²) < 4.78 is 0. The molecular formula is C18H21N3. The van der Waals surface area contributed by atoms with Crippen molar-refractivity contribution < 1.29 is 0 Å². The molecule has 3 nitrogen and oxygen atoms in total. The van der Waals surface area contributed by atoms with E-state index < -0.39 is 0 Å². The lowest BCUT2D eigenvalue weighted by Gasteiger charge is -2.31.